The van der Waals surface area contributed by atoms with Crippen molar-refractivity contribution in [3.8, 4) is 22.6 Å². The Labute approximate surface area is 122 Å². The fraction of sp³-hybridized carbons (Fsp3) is 0. The summed E-state index contributed by atoms with van der Waals surface area (Å²) in [7, 11) is 0. The number of hydrogen-bond acceptors (Lipinski definition) is 1. The molecule has 0 fully saturated rings. The van der Waals surface area contributed by atoms with Gasteiger partial charge in [-0.3, -0.25) is 0 Å². The van der Waals surface area contributed by atoms with Gasteiger partial charge in [0.2, 0.25) is 0 Å². The molecule has 0 atom stereocenters. The van der Waals surface area contributed by atoms with E-state index in [1.165, 1.54) is 12.1 Å². The Bertz CT molecular complexity index is 739. The van der Waals surface area contributed by atoms with E-state index in [-0.39, 0.29) is 11.5 Å². The molecule has 0 spiro atoms. The van der Waals surface area contributed by atoms with E-state index < -0.39 is 0 Å². The highest BCUT2D eigenvalue weighted by molar-refractivity contribution is 5.76. The van der Waals surface area contributed by atoms with Gasteiger partial charge in [-0.15, -0.1) is 5.73 Å². The minimum Gasteiger partial charge on any atom is -0.457 e. The van der Waals surface area contributed by atoms with E-state index in [1.807, 2.05) is 30.3 Å². The van der Waals surface area contributed by atoms with Crippen LogP contribution < -0.4 is 10.5 Å². The van der Waals surface area contributed by atoms with Gasteiger partial charge in [0.15, 0.2) is 0 Å². The van der Waals surface area contributed by atoms with Crippen LogP contribution in [0.5, 0.6) is 11.5 Å². The van der Waals surface area contributed by atoms with Gasteiger partial charge in [-0.05, 0) is 48.0 Å². The van der Waals surface area contributed by atoms with Gasteiger partial charge < -0.3 is 4.74 Å². The summed E-state index contributed by atoms with van der Waals surface area (Å²) in [5.41, 5.74) is 11.4. The summed E-state index contributed by atoms with van der Waals surface area (Å²) in [6, 6.07) is 20.3. The second-order valence-electron chi connectivity index (χ2n) is 4.60. The summed E-state index contributed by atoms with van der Waals surface area (Å²) in [4.78, 5) is 0. The summed E-state index contributed by atoms with van der Waals surface area (Å²) >= 11 is 0. The highest BCUT2D eigenvalue weighted by atomic mass is 19.1. The SMILES string of the molecule is [N]c1ccc(Oc2ccccc2)cc1-c1ccc(F)cc1. The smallest absolute Gasteiger partial charge is 0.128 e. The number of para-hydroxylation sites is 1. The number of rotatable bonds is 3. The van der Waals surface area contributed by atoms with Crippen LogP contribution in [0, 0.1) is 5.82 Å². The van der Waals surface area contributed by atoms with Gasteiger partial charge in [-0.2, -0.15) is 0 Å². The molecule has 0 unspecified atom stereocenters. The van der Waals surface area contributed by atoms with Gasteiger partial charge in [0.05, 0.1) is 5.69 Å². The summed E-state index contributed by atoms with van der Waals surface area (Å²) in [5.74, 6) is 1.02. The van der Waals surface area contributed by atoms with Gasteiger partial charge in [-0.1, -0.05) is 30.3 Å². The van der Waals surface area contributed by atoms with Gasteiger partial charge in [0, 0.05) is 5.56 Å². The molecular weight excluding hydrogens is 265 g/mol. The van der Waals surface area contributed by atoms with E-state index in [0.29, 0.717) is 17.1 Å². The van der Waals surface area contributed by atoms with Gasteiger partial charge in [-0.25, -0.2) is 4.39 Å². The Hall–Kier alpha value is -2.81. The molecule has 0 aromatic heterocycles. The molecule has 3 rings (SSSR count). The number of ether oxygens (including phenoxy) is 1. The second kappa shape index (κ2) is 5.67. The first-order valence-corrected chi connectivity index (χ1v) is 6.54. The lowest BCUT2D eigenvalue weighted by Crippen LogP contribution is -1.87. The summed E-state index contributed by atoms with van der Waals surface area (Å²) in [5, 5.41) is 0. The monoisotopic (exact) mass is 277 g/mol. The molecule has 0 aliphatic heterocycles. The van der Waals surface area contributed by atoms with Crippen LogP contribution in [0.2, 0.25) is 0 Å². The van der Waals surface area contributed by atoms with Crippen molar-refractivity contribution < 1.29 is 9.13 Å². The number of nitrogens with zero attached hydrogens (tertiary/aromatic N) is 1. The minimum absolute atomic E-state index is 0.127. The Morgan fingerprint density at radius 3 is 2.19 bits per heavy atom. The standard InChI is InChI=1S/C18H12FNO/c19-14-8-6-13(7-9-14)17-12-16(10-11-18(17)20)21-15-4-2-1-3-5-15/h1-12H. The van der Waals surface area contributed by atoms with Crippen molar-refractivity contribution in [3.05, 3.63) is 78.6 Å². The van der Waals surface area contributed by atoms with Crippen molar-refractivity contribution in [1.29, 1.82) is 0 Å². The Morgan fingerprint density at radius 1 is 0.762 bits per heavy atom. The van der Waals surface area contributed by atoms with E-state index >= 15 is 0 Å². The Morgan fingerprint density at radius 2 is 1.48 bits per heavy atom. The normalized spacial score (nSPS) is 10.3. The maximum atomic E-state index is 13.0. The summed E-state index contributed by atoms with van der Waals surface area (Å²) in [6.07, 6.45) is 0. The molecule has 0 aliphatic rings. The quantitative estimate of drug-likeness (QED) is 0.664. The molecule has 102 valence electrons. The first-order valence-electron chi connectivity index (χ1n) is 6.54. The van der Waals surface area contributed by atoms with Gasteiger partial charge >= 0.3 is 0 Å². The van der Waals surface area contributed by atoms with E-state index in [9.17, 15) is 10.1 Å². The molecule has 3 aromatic rings. The molecule has 2 radical (unpaired) electrons. The number of benzene rings is 3. The largest absolute Gasteiger partial charge is 0.457 e. The third-order valence-electron chi connectivity index (χ3n) is 3.10. The van der Waals surface area contributed by atoms with Crippen molar-refractivity contribution in [2.75, 3.05) is 0 Å². The maximum absolute atomic E-state index is 13.0. The van der Waals surface area contributed by atoms with E-state index in [4.69, 9.17) is 4.74 Å². The van der Waals surface area contributed by atoms with Gasteiger partial charge in [0.25, 0.3) is 0 Å². The lowest BCUT2D eigenvalue weighted by molar-refractivity contribution is 0.483. The van der Waals surface area contributed by atoms with Crippen LogP contribution in [0.3, 0.4) is 0 Å². The van der Waals surface area contributed by atoms with Crippen LogP contribution in [0.25, 0.3) is 11.1 Å². The molecule has 0 saturated carbocycles. The van der Waals surface area contributed by atoms with Crippen molar-refractivity contribution in [2.45, 2.75) is 0 Å². The van der Waals surface area contributed by atoms with E-state index in [2.05, 4.69) is 0 Å². The zero-order valence-corrected chi connectivity index (χ0v) is 11.2. The Balaban J connectivity index is 1.94. The van der Waals surface area contributed by atoms with Crippen molar-refractivity contribution in [2.24, 2.45) is 0 Å². The highest BCUT2D eigenvalue weighted by Crippen LogP contribution is 2.32. The van der Waals surface area contributed by atoms with Crippen LogP contribution >= 0.6 is 0 Å². The van der Waals surface area contributed by atoms with Crippen LogP contribution in [-0.4, -0.2) is 0 Å². The first kappa shape index (κ1) is 13.2. The molecule has 0 amide bonds. The predicted molar refractivity (Wildman–Crippen MR) is 80.1 cm³/mol. The fourth-order valence-corrected chi connectivity index (χ4v) is 2.06. The zero-order chi connectivity index (χ0) is 14.7. The molecule has 3 aromatic carbocycles. The molecule has 0 bridgehead atoms. The van der Waals surface area contributed by atoms with E-state index in [1.54, 1.807) is 30.3 Å². The van der Waals surface area contributed by atoms with Crippen molar-refractivity contribution >= 4 is 5.69 Å². The zero-order valence-electron chi connectivity index (χ0n) is 11.2. The Kier molecular flexibility index (Phi) is 3.56. The molecule has 0 aliphatic carbocycles. The fourth-order valence-electron chi connectivity index (χ4n) is 2.06. The van der Waals surface area contributed by atoms with Gasteiger partial charge in [0.1, 0.15) is 17.3 Å². The lowest BCUT2D eigenvalue weighted by atomic mass is 10.0. The molecule has 21 heavy (non-hydrogen) atoms. The van der Waals surface area contributed by atoms with Crippen LogP contribution in [-0.2, 0) is 0 Å². The summed E-state index contributed by atoms with van der Waals surface area (Å²) < 4.78 is 18.7. The molecule has 0 N–H and O–H groups in total. The molecule has 0 saturated heterocycles. The van der Waals surface area contributed by atoms with Crippen molar-refractivity contribution in [1.82, 2.24) is 5.73 Å². The number of halogens is 1. The van der Waals surface area contributed by atoms with Crippen LogP contribution in [0.15, 0.2) is 72.8 Å². The maximum Gasteiger partial charge on any atom is 0.128 e. The molecule has 0 heterocycles. The minimum atomic E-state index is -0.310. The van der Waals surface area contributed by atoms with Crippen LogP contribution in [0.4, 0.5) is 10.1 Å². The molecule has 2 nitrogen and oxygen atoms in total. The van der Waals surface area contributed by atoms with Crippen molar-refractivity contribution in [3.63, 3.8) is 0 Å². The molecular formula is C18H12FNO. The third-order valence-corrected chi connectivity index (χ3v) is 3.10. The second-order valence-corrected chi connectivity index (χ2v) is 4.60. The molecule has 3 heteroatoms. The highest BCUT2D eigenvalue weighted by Gasteiger charge is 2.07. The number of hydrogen-bond donors (Lipinski definition) is 0. The van der Waals surface area contributed by atoms with E-state index in [0.717, 1.165) is 5.56 Å². The summed E-state index contributed by atoms with van der Waals surface area (Å²) in [6.45, 7) is 0. The third kappa shape index (κ3) is 3.03. The average Bonchev–Trinajstić information content (AvgIpc) is 2.51. The topological polar surface area (TPSA) is 31.5 Å². The predicted octanol–water partition coefficient (Wildman–Crippen LogP) is 4.99. The first-order chi connectivity index (χ1) is 10.2. The average molecular weight is 277 g/mol. The van der Waals surface area contributed by atoms with Crippen LogP contribution in [0.1, 0.15) is 0 Å². The lowest BCUT2D eigenvalue weighted by Gasteiger charge is -2.09.